The van der Waals surface area contributed by atoms with Crippen molar-refractivity contribution in [1.29, 1.82) is 0 Å². The molecule has 1 unspecified atom stereocenters. The van der Waals surface area contributed by atoms with E-state index in [0.29, 0.717) is 31.7 Å². The van der Waals surface area contributed by atoms with Crippen LogP contribution in [0.1, 0.15) is 38.2 Å². The van der Waals surface area contributed by atoms with E-state index < -0.39 is 5.82 Å². The van der Waals surface area contributed by atoms with E-state index in [2.05, 4.69) is 15.8 Å². The van der Waals surface area contributed by atoms with E-state index >= 15 is 4.39 Å². The maximum Gasteiger partial charge on any atom is 0.207 e. The Bertz CT molecular complexity index is 903. The largest absolute Gasteiger partial charge is 0.493 e. The molecule has 0 radical (unpaired) electrons. The predicted octanol–water partition coefficient (Wildman–Crippen LogP) is 5.66. The van der Waals surface area contributed by atoms with E-state index in [1.54, 1.807) is 6.07 Å². The monoisotopic (exact) mass is 414 g/mol. The second-order valence-corrected chi connectivity index (χ2v) is 8.38. The fourth-order valence-electron chi connectivity index (χ4n) is 4.28. The van der Waals surface area contributed by atoms with Gasteiger partial charge < -0.3 is 14.2 Å². The summed E-state index contributed by atoms with van der Waals surface area (Å²) < 4.78 is 32.5. The summed E-state index contributed by atoms with van der Waals surface area (Å²) in [6.07, 6.45) is 6.54. The Kier molecular flexibility index (Phi) is 6.10. The van der Waals surface area contributed by atoms with Gasteiger partial charge in [-0.15, -0.1) is 15.8 Å². The van der Waals surface area contributed by atoms with Crippen molar-refractivity contribution in [3.8, 4) is 28.4 Å². The SMILES string of the molecule is C=CC1CCC(COc2ccc3c(c2F)OCc2c-3ccc(OCC)c2P)CC1. The first kappa shape index (κ1) is 20.2. The lowest BCUT2D eigenvalue weighted by molar-refractivity contribution is 0.186. The van der Waals surface area contributed by atoms with Crippen LogP contribution in [0.4, 0.5) is 4.39 Å². The number of rotatable bonds is 6. The molecule has 3 nitrogen and oxygen atoms in total. The molecule has 1 atom stereocenters. The molecule has 1 saturated carbocycles. The molecular weight excluding hydrogens is 386 g/mol. The zero-order chi connectivity index (χ0) is 20.4. The number of halogens is 1. The summed E-state index contributed by atoms with van der Waals surface area (Å²) in [7, 11) is 2.72. The minimum absolute atomic E-state index is 0.273. The molecule has 0 saturated heterocycles. The maximum atomic E-state index is 15.1. The molecule has 1 heterocycles. The van der Waals surface area contributed by atoms with Crippen LogP contribution in [0.5, 0.6) is 17.2 Å². The number of hydrogen-bond donors (Lipinski definition) is 0. The standard InChI is InChI=1S/C24H28FO3P/c1-3-15-5-7-16(8-6-15)13-27-20-11-10-18-17-9-12-21(26-4-2)24(29)19(17)14-28-23(18)22(20)25/h3,9-12,15-16H,1,4-8,13-14,29H2,2H3. The number of ether oxygens (including phenoxy) is 3. The van der Waals surface area contributed by atoms with Crippen molar-refractivity contribution in [1.82, 2.24) is 0 Å². The maximum absolute atomic E-state index is 15.1. The molecule has 0 spiro atoms. The summed E-state index contributed by atoms with van der Waals surface area (Å²) in [6, 6.07) is 7.53. The Labute approximate surface area is 174 Å². The molecule has 4 rings (SSSR count). The van der Waals surface area contributed by atoms with Gasteiger partial charge in [0.25, 0.3) is 0 Å². The minimum atomic E-state index is -0.410. The summed E-state index contributed by atoms with van der Waals surface area (Å²) in [4.78, 5) is 0. The first-order valence-corrected chi connectivity index (χ1v) is 10.9. The number of fused-ring (bicyclic) bond motifs is 3. The number of benzene rings is 2. The van der Waals surface area contributed by atoms with Crippen LogP contribution < -0.4 is 19.5 Å². The lowest BCUT2D eigenvalue weighted by Crippen LogP contribution is -2.20. The third-order valence-electron chi connectivity index (χ3n) is 6.03. The summed E-state index contributed by atoms with van der Waals surface area (Å²) >= 11 is 0. The third kappa shape index (κ3) is 4.00. The van der Waals surface area contributed by atoms with Crippen molar-refractivity contribution in [3.05, 3.63) is 48.3 Å². The molecule has 2 aromatic carbocycles. The van der Waals surface area contributed by atoms with E-state index in [0.717, 1.165) is 53.4 Å². The summed E-state index contributed by atoms with van der Waals surface area (Å²) in [5, 5.41) is 0.964. The Balaban J connectivity index is 1.52. The van der Waals surface area contributed by atoms with E-state index in [1.165, 1.54) is 0 Å². The van der Waals surface area contributed by atoms with Crippen LogP contribution in [-0.4, -0.2) is 13.2 Å². The van der Waals surface area contributed by atoms with Gasteiger partial charge in [-0.25, -0.2) is 0 Å². The van der Waals surface area contributed by atoms with Crippen molar-refractivity contribution in [2.75, 3.05) is 13.2 Å². The summed E-state index contributed by atoms with van der Waals surface area (Å²) in [5.74, 6) is 2.04. The van der Waals surface area contributed by atoms with E-state index in [9.17, 15) is 0 Å². The molecule has 0 bridgehead atoms. The zero-order valence-corrected chi connectivity index (χ0v) is 18.0. The zero-order valence-electron chi connectivity index (χ0n) is 16.9. The second-order valence-electron chi connectivity index (χ2n) is 7.81. The van der Waals surface area contributed by atoms with Crippen LogP contribution in [0.25, 0.3) is 11.1 Å². The molecule has 0 N–H and O–H groups in total. The van der Waals surface area contributed by atoms with Gasteiger partial charge in [-0.1, -0.05) is 12.1 Å². The molecule has 1 aliphatic heterocycles. The van der Waals surface area contributed by atoms with E-state index in [4.69, 9.17) is 14.2 Å². The summed E-state index contributed by atoms with van der Waals surface area (Å²) in [6.45, 7) is 7.30. The van der Waals surface area contributed by atoms with Crippen LogP contribution >= 0.6 is 9.24 Å². The molecule has 154 valence electrons. The van der Waals surface area contributed by atoms with Gasteiger partial charge in [-0.2, -0.15) is 4.39 Å². The van der Waals surface area contributed by atoms with Crippen molar-refractivity contribution in [2.45, 2.75) is 39.2 Å². The van der Waals surface area contributed by atoms with Gasteiger partial charge in [0, 0.05) is 16.4 Å². The van der Waals surface area contributed by atoms with Gasteiger partial charge in [0.05, 0.1) is 13.2 Å². The van der Waals surface area contributed by atoms with Crippen molar-refractivity contribution in [2.24, 2.45) is 11.8 Å². The molecule has 1 fully saturated rings. The predicted molar refractivity (Wildman–Crippen MR) is 118 cm³/mol. The highest BCUT2D eigenvalue weighted by atomic mass is 31.0. The fourth-order valence-corrected chi connectivity index (χ4v) is 4.70. The van der Waals surface area contributed by atoms with Gasteiger partial charge in [-0.3, -0.25) is 0 Å². The van der Waals surface area contributed by atoms with Crippen LogP contribution in [0, 0.1) is 17.7 Å². The van der Waals surface area contributed by atoms with Crippen molar-refractivity contribution >= 4 is 14.5 Å². The van der Waals surface area contributed by atoms with Crippen LogP contribution in [0.15, 0.2) is 36.9 Å². The molecule has 0 amide bonds. The van der Waals surface area contributed by atoms with Crippen molar-refractivity contribution in [3.63, 3.8) is 0 Å². The minimum Gasteiger partial charge on any atom is -0.493 e. The quantitative estimate of drug-likeness (QED) is 0.451. The van der Waals surface area contributed by atoms with Gasteiger partial charge in [0.2, 0.25) is 5.82 Å². The molecule has 0 aromatic heterocycles. The average Bonchev–Trinajstić information content (AvgIpc) is 2.75. The molecule has 1 aliphatic carbocycles. The van der Waals surface area contributed by atoms with E-state index in [-0.39, 0.29) is 11.5 Å². The highest BCUT2D eigenvalue weighted by Crippen LogP contribution is 2.43. The van der Waals surface area contributed by atoms with Gasteiger partial charge >= 0.3 is 0 Å². The van der Waals surface area contributed by atoms with Crippen molar-refractivity contribution < 1.29 is 18.6 Å². The van der Waals surface area contributed by atoms with E-state index in [1.807, 2.05) is 31.2 Å². The average molecular weight is 414 g/mol. The Morgan fingerprint density at radius 1 is 1.10 bits per heavy atom. The third-order valence-corrected chi connectivity index (χ3v) is 6.66. The lowest BCUT2D eigenvalue weighted by Gasteiger charge is -2.27. The van der Waals surface area contributed by atoms with Gasteiger partial charge in [0.1, 0.15) is 12.4 Å². The second kappa shape index (κ2) is 8.75. The Morgan fingerprint density at radius 2 is 1.83 bits per heavy atom. The number of allylic oxidation sites excluding steroid dienone is 1. The topological polar surface area (TPSA) is 27.7 Å². The Hall–Kier alpha value is -2.06. The van der Waals surface area contributed by atoms with Gasteiger partial charge in [-0.05, 0) is 68.2 Å². The number of hydrogen-bond acceptors (Lipinski definition) is 3. The highest BCUT2D eigenvalue weighted by molar-refractivity contribution is 7.28. The van der Waals surface area contributed by atoms with Gasteiger partial charge in [0.15, 0.2) is 11.5 Å². The smallest absolute Gasteiger partial charge is 0.207 e. The molecule has 29 heavy (non-hydrogen) atoms. The molecule has 5 heteroatoms. The van der Waals surface area contributed by atoms with Crippen LogP contribution in [0.2, 0.25) is 0 Å². The highest BCUT2D eigenvalue weighted by Gasteiger charge is 2.26. The first-order chi connectivity index (χ1) is 14.1. The van der Waals surface area contributed by atoms with Crippen LogP contribution in [0.3, 0.4) is 0 Å². The Morgan fingerprint density at radius 3 is 2.55 bits per heavy atom. The fraction of sp³-hybridized carbons (Fsp3) is 0.417. The lowest BCUT2D eigenvalue weighted by atomic mass is 9.82. The molecule has 2 aromatic rings. The molecule has 2 aliphatic rings. The normalized spacial score (nSPS) is 20.2. The summed E-state index contributed by atoms with van der Waals surface area (Å²) in [5.41, 5.74) is 2.75. The first-order valence-electron chi connectivity index (χ1n) is 10.4. The van der Waals surface area contributed by atoms with Crippen LogP contribution in [-0.2, 0) is 6.61 Å². The molecular formula is C24H28FO3P.